The number of aliphatic hydroxyl groups is 2. The highest BCUT2D eigenvalue weighted by Gasteiger charge is 2.53. The van der Waals surface area contributed by atoms with Crippen LogP contribution in [0.15, 0.2) is 35.2 Å². The van der Waals surface area contributed by atoms with E-state index in [1.807, 2.05) is 24.8 Å². The van der Waals surface area contributed by atoms with Gasteiger partial charge >= 0.3 is 0 Å². The fraction of sp³-hybridized carbons (Fsp3) is 0.647. The van der Waals surface area contributed by atoms with Gasteiger partial charge in [0, 0.05) is 24.0 Å². The van der Waals surface area contributed by atoms with E-state index in [1.165, 1.54) is 4.90 Å². The Morgan fingerprint density at radius 3 is 2.48 bits per heavy atom. The lowest BCUT2D eigenvalue weighted by Crippen LogP contribution is -2.63. The summed E-state index contributed by atoms with van der Waals surface area (Å²) in [6.07, 6.45) is 1.85. The summed E-state index contributed by atoms with van der Waals surface area (Å²) in [5.41, 5.74) is 0. The van der Waals surface area contributed by atoms with E-state index in [0.29, 0.717) is 5.92 Å². The number of benzene rings is 1. The third-order valence-electron chi connectivity index (χ3n) is 5.13. The zero-order chi connectivity index (χ0) is 14.9. The molecule has 3 nitrogen and oxygen atoms in total. The number of rotatable bonds is 5. The number of hydrogen-bond acceptors (Lipinski definition) is 4. The minimum Gasteiger partial charge on any atom is -0.396 e. The Bertz CT molecular complexity index is 461. The molecule has 0 aromatic heterocycles. The highest BCUT2D eigenvalue weighted by molar-refractivity contribution is 8.00. The molecular formula is C17H25NO2S. The summed E-state index contributed by atoms with van der Waals surface area (Å²) in [6, 6.07) is 10.4. The van der Waals surface area contributed by atoms with Gasteiger partial charge < -0.3 is 15.1 Å². The molecule has 3 aliphatic rings. The van der Waals surface area contributed by atoms with Gasteiger partial charge in [-0.15, -0.1) is 11.8 Å². The Kier molecular flexibility index (Phi) is 4.60. The van der Waals surface area contributed by atoms with Gasteiger partial charge in [0.2, 0.25) is 0 Å². The van der Waals surface area contributed by atoms with Gasteiger partial charge in [0.1, 0.15) is 0 Å². The third-order valence-corrected chi connectivity index (χ3v) is 6.72. The van der Waals surface area contributed by atoms with Crippen molar-refractivity contribution >= 4 is 11.8 Å². The number of piperidine rings is 3. The van der Waals surface area contributed by atoms with Gasteiger partial charge in [-0.25, -0.2) is 0 Å². The van der Waals surface area contributed by atoms with Crippen LogP contribution in [0.1, 0.15) is 19.8 Å². The lowest BCUT2D eigenvalue weighted by Gasteiger charge is -2.55. The van der Waals surface area contributed by atoms with Gasteiger partial charge in [-0.1, -0.05) is 25.1 Å². The van der Waals surface area contributed by atoms with Crippen LogP contribution in [0.5, 0.6) is 0 Å². The van der Waals surface area contributed by atoms with E-state index in [4.69, 9.17) is 0 Å². The topological polar surface area (TPSA) is 43.7 Å². The number of fused-ring (bicyclic) bond motifs is 3. The monoisotopic (exact) mass is 307 g/mol. The van der Waals surface area contributed by atoms with Crippen LogP contribution in [0.4, 0.5) is 0 Å². The first-order chi connectivity index (χ1) is 10.2. The van der Waals surface area contributed by atoms with Crippen LogP contribution in [0, 0.1) is 11.8 Å². The van der Waals surface area contributed by atoms with Gasteiger partial charge in [-0.2, -0.15) is 0 Å². The van der Waals surface area contributed by atoms with Crippen molar-refractivity contribution in [2.24, 2.45) is 11.8 Å². The summed E-state index contributed by atoms with van der Waals surface area (Å²) >= 11 is 1.82. The number of aliphatic hydroxyl groups excluding tert-OH is 2. The summed E-state index contributed by atoms with van der Waals surface area (Å²) in [5, 5.41) is 20.5. The molecule has 3 aliphatic heterocycles. The zero-order valence-corrected chi connectivity index (χ0v) is 13.4. The van der Waals surface area contributed by atoms with E-state index in [0.717, 1.165) is 32.5 Å². The molecule has 2 N–H and O–H groups in total. The molecule has 0 spiro atoms. The fourth-order valence-electron chi connectivity index (χ4n) is 3.86. The van der Waals surface area contributed by atoms with Gasteiger partial charge in [-0.3, -0.25) is 0 Å². The highest BCUT2D eigenvalue weighted by atomic mass is 32.2. The largest absolute Gasteiger partial charge is 0.396 e. The van der Waals surface area contributed by atoms with Crippen molar-refractivity contribution < 1.29 is 10.2 Å². The molecule has 0 unspecified atom stereocenters. The Balaban J connectivity index is 1.91. The molecule has 1 aromatic carbocycles. The van der Waals surface area contributed by atoms with E-state index in [1.54, 1.807) is 0 Å². The van der Waals surface area contributed by atoms with Crippen LogP contribution in [0.25, 0.3) is 0 Å². The number of hydrogen-bond donors (Lipinski definition) is 2. The normalized spacial score (nSPS) is 34.6. The average Bonchev–Trinajstić information content (AvgIpc) is 2.55. The van der Waals surface area contributed by atoms with Crippen LogP contribution in [0.2, 0.25) is 0 Å². The van der Waals surface area contributed by atoms with E-state index in [-0.39, 0.29) is 17.3 Å². The van der Waals surface area contributed by atoms with Crippen LogP contribution < -0.4 is 0 Å². The first-order valence-electron chi connectivity index (χ1n) is 7.91. The Hall–Kier alpha value is -0.550. The van der Waals surface area contributed by atoms with Crippen molar-refractivity contribution in [3.8, 4) is 0 Å². The molecule has 0 aliphatic carbocycles. The van der Waals surface area contributed by atoms with Crippen LogP contribution >= 0.6 is 11.8 Å². The number of thioether (sulfide) groups is 1. The molecule has 0 saturated carbocycles. The number of nitrogens with zero attached hydrogens (tertiary/aromatic N) is 1. The molecule has 0 amide bonds. The summed E-state index contributed by atoms with van der Waals surface area (Å²) in [4.78, 5) is 3.69. The molecular weight excluding hydrogens is 282 g/mol. The molecule has 3 fully saturated rings. The van der Waals surface area contributed by atoms with E-state index < -0.39 is 6.10 Å². The molecule has 3 saturated heterocycles. The molecule has 3 heterocycles. The van der Waals surface area contributed by atoms with Crippen molar-refractivity contribution in [3.05, 3.63) is 30.3 Å². The highest BCUT2D eigenvalue weighted by Crippen LogP contribution is 2.51. The van der Waals surface area contributed by atoms with Crippen molar-refractivity contribution in [2.45, 2.75) is 35.5 Å². The van der Waals surface area contributed by atoms with Crippen LogP contribution in [0.3, 0.4) is 0 Å². The van der Waals surface area contributed by atoms with Gasteiger partial charge in [-0.05, 0) is 44.0 Å². The van der Waals surface area contributed by atoms with Gasteiger partial charge in [0.25, 0.3) is 0 Å². The second kappa shape index (κ2) is 6.29. The maximum absolute atomic E-state index is 11.0. The summed E-state index contributed by atoms with van der Waals surface area (Å²) in [5.74, 6) is 0.457. The minimum atomic E-state index is -0.471. The second-order valence-electron chi connectivity index (χ2n) is 6.53. The Morgan fingerprint density at radius 1 is 1.29 bits per heavy atom. The first-order valence-corrected chi connectivity index (χ1v) is 8.72. The SMILES string of the molecule is C[C@@H](CO)[C@H](O)[C@]1(Sc2ccccc2)CN2CCC1CC2. The minimum absolute atomic E-state index is 0.0466. The Morgan fingerprint density at radius 2 is 1.95 bits per heavy atom. The second-order valence-corrected chi connectivity index (χ2v) is 7.96. The van der Waals surface area contributed by atoms with E-state index >= 15 is 0 Å². The maximum Gasteiger partial charge on any atom is 0.0752 e. The Labute approximate surface area is 131 Å². The molecule has 116 valence electrons. The van der Waals surface area contributed by atoms with Crippen molar-refractivity contribution in [2.75, 3.05) is 26.2 Å². The van der Waals surface area contributed by atoms with Gasteiger partial charge in [0.15, 0.2) is 0 Å². The fourth-order valence-corrected chi connectivity index (χ4v) is 5.59. The first kappa shape index (κ1) is 15.3. The molecule has 21 heavy (non-hydrogen) atoms. The van der Waals surface area contributed by atoms with Crippen molar-refractivity contribution in [3.63, 3.8) is 0 Å². The average molecular weight is 307 g/mol. The van der Waals surface area contributed by atoms with Crippen molar-refractivity contribution in [1.29, 1.82) is 0 Å². The lowest BCUT2D eigenvalue weighted by atomic mass is 9.72. The summed E-state index contributed by atoms with van der Waals surface area (Å²) < 4.78 is -0.181. The molecule has 4 heteroatoms. The van der Waals surface area contributed by atoms with Gasteiger partial charge in [0.05, 0.1) is 10.9 Å². The predicted octanol–water partition coefficient (Wildman–Crippen LogP) is 2.23. The van der Waals surface area contributed by atoms with Crippen LogP contribution in [-0.2, 0) is 0 Å². The van der Waals surface area contributed by atoms with E-state index in [2.05, 4.69) is 29.2 Å². The molecule has 4 rings (SSSR count). The van der Waals surface area contributed by atoms with Crippen LogP contribution in [-0.4, -0.2) is 52.2 Å². The quantitative estimate of drug-likeness (QED) is 0.875. The molecule has 3 atom stereocenters. The lowest BCUT2D eigenvalue weighted by molar-refractivity contribution is -0.0341. The summed E-state index contributed by atoms with van der Waals surface area (Å²) in [7, 11) is 0. The predicted molar refractivity (Wildman–Crippen MR) is 86.5 cm³/mol. The zero-order valence-electron chi connectivity index (χ0n) is 12.6. The van der Waals surface area contributed by atoms with Crippen molar-refractivity contribution in [1.82, 2.24) is 4.90 Å². The molecule has 1 aromatic rings. The molecule has 2 bridgehead atoms. The standard InChI is InChI=1S/C17H25NO2S/c1-13(11-19)16(20)17(21-15-5-3-2-4-6-15)12-18-9-7-14(17)8-10-18/h2-6,13-14,16,19-20H,7-12H2,1H3/t13-,16-,17-/m0/s1. The summed E-state index contributed by atoms with van der Waals surface area (Å²) in [6.45, 7) is 5.24. The smallest absolute Gasteiger partial charge is 0.0752 e. The maximum atomic E-state index is 11.0. The third kappa shape index (κ3) is 2.87. The molecule has 0 radical (unpaired) electrons. The van der Waals surface area contributed by atoms with E-state index in [9.17, 15) is 10.2 Å².